The number of amides is 5. The lowest BCUT2D eigenvalue weighted by Gasteiger charge is -2.27. The number of hydrogen-bond donors (Lipinski definition) is 9. The smallest absolute Gasteiger partial charge is 0.305 e. The van der Waals surface area contributed by atoms with Crippen molar-refractivity contribution in [2.75, 3.05) is 6.54 Å². The monoisotopic (exact) mass is 558 g/mol. The van der Waals surface area contributed by atoms with Crippen LogP contribution < -0.4 is 38.5 Å². The maximum Gasteiger partial charge on any atom is 0.305 e. The molecule has 5 amide bonds. The Labute approximate surface area is 224 Å². The van der Waals surface area contributed by atoms with E-state index >= 15 is 0 Å². The van der Waals surface area contributed by atoms with Crippen LogP contribution in [0.5, 0.6) is 0 Å². The number of nitrogens with one attached hydrogen (secondary N) is 4. The van der Waals surface area contributed by atoms with E-state index in [9.17, 15) is 33.6 Å². The summed E-state index contributed by atoms with van der Waals surface area (Å²) < 4.78 is 0. The van der Waals surface area contributed by atoms with Crippen LogP contribution in [0, 0.1) is 5.92 Å². The fourth-order valence-corrected chi connectivity index (χ4v) is 3.28. The van der Waals surface area contributed by atoms with E-state index in [0.717, 1.165) is 6.92 Å². The van der Waals surface area contributed by atoms with Gasteiger partial charge in [0.1, 0.15) is 24.2 Å². The molecule has 12 N–H and O–H groups in total. The quantitative estimate of drug-likeness (QED) is 0.0451. The highest BCUT2D eigenvalue weighted by Crippen LogP contribution is 2.08. The summed E-state index contributed by atoms with van der Waals surface area (Å²) in [5.41, 5.74) is 15.8. The van der Waals surface area contributed by atoms with Gasteiger partial charge in [-0.1, -0.05) is 13.8 Å². The van der Waals surface area contributed by atoms with E-state index in [1.165, 1.54) is 0 Å². The van der Waals surface area contributed by atoms with Crippen LogP contribution in [0.3, 0.4) is 0 Å². The Bertz CT molecular complexity index is 934. The second-order valence-corrected chi connectivity index (χ2v) is 8.99. The van der Waals surface area contributed by atoms with Gasteiger partial charge in [0.25, 0.3) is 0 Å². The van der Waals surface area contributed by atoms with Gasteiger partial charge in [-0.05, 0) is 25.2 Å². The van der Waals surface area contributed by atoms with E-state index in [4.69, 9.17) is 27.4 Å². The van der Waals surface area contributed by atoms with E-state index < -0.39 is 84.4 Å². The first kappa shape index (κ1) is 34.6. The molecule has 0 aromatic rings. The van der Waals surface area contributed by atoms with Gasteiger partial charge in [-0.25, -0.2) is 0 Å². The van der Waals surface area contributed by atoms with Crippen LogP contribution in [0.25, 0.3) is 0 Å². The molecule has 0 aromatic heterocycles. The number of carbonyl (C=O) groups excluding carboxylic acids is 5. The molecule has 39 heavy (non-hydrogen) atoms. The predicted octanol–water partition coefficient (Wildman–Crippen LogP) is -3.52. The second kappa shape index (κ2) is 17.1. The van der Waals surface area contributed by atoms with Gasteiger partial charge in [0, 0.05) is 19.9 Å². The van der Waals surface area contributed by atoms with Crippen LogP contribution >= 0.6 is 0 Å². The fraction of sp³-hybridized carbons (Fsp3) is 0.636. The molecule has 17 heteroatoms. The number of primary amides is 1. The van der Waals surface area contributed by atoms with Gasteiger partial charge in [0.2, 0.25) is 29.5 Å². The van der Waals surface area contributed by atoms with Crippen LogP contribution in [-0.2, 0) is 33.6 Å². The summed E-state index contributed by atoms with van der Waals surface area (Å²) in [6.45, 7) is 4.35. The number of guanidine groups is 1. The molecule has 220 valence electrons. The molecule has 17 nitrogen and oxygen atoms in total. The van der Waals surface area contributed by atoms with Gasteiger partial charge in [0.05, 0.1) is 6.42 Å². The van der Waals surface area contributed by atoms with Crippen LogP contribution in [0.15, 0.2) is 4.99 Å². The lowest BCUT2D eigenvalue weighted by atomic mass is 10.0. The highest BCUT2D eigenvalue weighted by Gasteiger charge is 2.32. The van der Waals surface area contributed by atoms with Crippen molar-refractivity contribution in [3.63, 3.8) is 0 Å². The van der Waals surface area contributed by atoms with Crippen LogP contribution in [0.4, 0.5) is 0 Å². The van der Waals surface area contributed by atoms with E-state index in [1.807, 2.05) is 0 Å². The van der Waals surface area contributed by atoms with E-state index in [-0.39, 0.29) is 31.8 Å². The molecular weight excluding hydrogens is 520 g/mol. The first-order valence-corrected chi connectivity index (χ1v) is 12.0. The molecule has 0 radical (unpaired) electrons. The average molecular weight is 559 g/mol. The van der Waals surface area contributed by atoms with Crippen molar-refractivity contribution >= 4 is 47.4 Å². The van der Waals surface area contributed by atoms with Gasteiger partial charge < -0.3 is 48.7 Å². The number of carboxylic acid groups (broad SMARTS) is 2. The Hall–Kier alpha value is -4.44. The molecule has 0 saturated carbocycles. The molecule has 0 aliphatic heterocycles. The highest BCUT2D eigenvalue weighted by molar-refractivity contribution is 5.96. The van der Waals surface area contributed by atoms with E-state index in [1.54, 1.807) is 13.8 Å². The van der Waals surface area contributed by atoms with Gasteiger partial charge >= 0.3 is 11.9 Å². The third-order valence-corrected chi connectivity index (χ3v) is 5.20. The Morgan fingerprint density at radius 1 is 0.744 bits per heavy atom. The lowest BCUT2D eigenvalue weighted by Crippen LogP contribution is -2.59. The summed E-state index contributed by atoms with van der Waals surface area (Å²) in [5, 5.41) is 27.3. The molecule has 0 aromatic carbocycles. The minimum absolute atomic E-state index is 0.0385. The van der Waals surface area contributed by atoms with Crippen molar-refractivity contribution in [3.05, 3.63) is 0 Å². The fourth-order valence-electron chi connectivity index (χ4n) is 3.28. The topological polar surface area (TPSA) is 298 Å². The Kier molecular flexibility index (Phi) is 15.2. The Balaban J connectivity index is 5.80. The minimum atomic E-state index is -1.48. The standard InChI is InChI=1S/C22H38N8O9/c1-10(2)17(21(39)28-12(18(23)36)6-7-15(32)33)30-19(37)13(5-4-8-26-22(24)25)29-20(38)14(9-16(34)35)27-11(3)31/h10,12-14,17H,4-9H2,1-3H3,(H2,23,36)(H,27,31)(H,28,39)(H,29,38)(H,30,37)(H,32,33)(H,34,35)(H4,24,25,26)/t12-,13-,14-,17-/m0/s1. The van der Waals surface area contributed by atoms with Crippen molar-refractivity contribution in [1.29, 1.82) is 0 Å². The number of nitrogens with two attached hydrogens (primary N) is 3. The molecule has 0 unspecified atom stereocenters. The molecule has 0 heterocycles. The zero-order valence-corrected chi connectivity index (χ0v) is 22.1. The van der Waals surface area contributed by atoms with Crippen LogP contribution in [-0.4, -0.2) is 88.4 Å². The SMILES string of the molecule is CC(=O)N[C@@H](CC(=O)O)C(=O)N[C@@H](CCCN=C(N)N)C(=O)N[C@H](C(=O)N[C@@H](CCC(=O)O)C(N)=O)C(C)C. The van der Waals surface area contributed by atoms with E-state index in [0.29, 0.717) is 0 Å². The van der Waals surface area contributed by atoms with Gasteiger partial charge in [-0.2, -0.15) is 0 Å². The van der Waals surface area contributed by atoms with Crippen LogP contribution in [0.1, 0.15) is 52.9 Å². The normalized spacial score (nSPS) is 13.6. The van der Waals surface area contributed by atoms with E-state index in [2.05, 4.69) is 26.3 Å². The number of carbonyl (C=O) groups is 7. The average Bonchev–Trinajstić information content (AvgIpc) is 2.79. The zero-order valence-electron chi connectivity index (χ0n) is 22.1. The van der Waals surface area contributed by atoms with Crippen molar-refractivity contribution in [2.24, 2.45) is 28.1 Å². The number of aliphatic imine (C=N–C) groups is 1. The summed E-state index contributed by atoms with van der Waals surface area (Å²) in [5.74, 6) is -7.55. The van der Waals surface area contributed by atoms with Crippen LogP contribution in [0.2, 0.25) is 0 Å². The number of rotatable bonds is 18. The summed E-state index contributed by atoms with van der Waals surface area (Å²) in [4.78, 5) is 87.7. The third kappa shape index (κ3) is 14.8. The van der Waals surface area contributed by atoms with Gasteiger partial charge in [0.15, 0.2) is 5.96 Å². The Morgan fingerprint density at radius 2 is 1.31 bits per heavy atom. The molecule has 0 aliphatic rings. The molecule has 0 bridgehead atoms. The summed E-state index contributed by atoms with van der Waals surface area (Å²) in [6.07, 6.45) is -1.31. The summed E-state index contributed by atoms with van der Waals surface area (Å²) in [6, 6.07) is -5.32. The number of hydrogen-bond acceptors (Lipinski definition) is 8. The molecule has 0 fully saturated rings. The predicted molar refractivity (Wildman–Crippen MR) is 136 cm³/mol. The third-order valence-electron chi connectivity index (χ3n) is 5.20. The van der Waals surface area contributed by atoms with Crippen molar-refractivity contribution < 1.29 is 43.8 Å². The number of aliphatic carboxylic acids is 2. The minimum Gasteiger partial charge on any atom is -0.481 e. The van der Waals surface area contributed by atoms with Gasteiger partial charge in [-0.15, -0.1) is 0 Å². The maximum atomic E-state index is 13.2. The maximum absolute atomic E-state index is 13.2. The molecule has 0 aliphatic carbocycles. The van der Waals surface area contributed by atoms with Crippen molar-refractivity contribution in [2.45, 2.75) is 77.0 Å². The largest absolute Gasteiger partial charge is 0.481 e. The first-order chi connectivity index (χ1) is 18.0. The first-order valence-electron chi connectivity index (χ1n) is 12.0. The highest BCUT2D eigenvalue weighted by atomic mass is 16.4. The zero-order chi connectivity index (χ0) is 30.3. The molecular formula is C22H38N8O9. The number of carboxylic acids is 2. The molecule has 0 rings (SSSR count). The van der Waals surface area contributed by atoms with Crippen molar-refractivity contribution in [1.82, 2.24) is 21.3 Å². The molecule has 4 atom stereocenters. The summed E-state index contributed by atoms with van der Waals surface area (Å²) in [7, 11) is 0. The molecule has 0 saturated heterocycles. The Morgan fingerprint density at radius 3 is 1.77 bits per heavy atom. The van der Waals surface area contributed by atoms with Gasteiger partial charge in [-0.3, -0.25) is 38.6 Å². The van der Waals surface area contributed by atoms with Crippen molar-refractivity contribution in [3.8, 4) is 0 Å². The molecule has 0 spiro atoms. The lowest BCUT2D eigenvalue weighted by molar-refractivity contribution is -0.141. The summed E-state index contributed by atoms with van der Waals surface area (Å²) >= 11 is 0. The second-order valence-electron chi connectivity index (χ2n) is 8.99. The number of nitrogens with zero attached hydrogens (tertiary/aromatic N) is 1.